The van der Waals surface area contributed by atoms with Crippen molar-refractivity contribution in [1.29, 1.82) is 0 Å². The summed E-state index contributed by atoms with van der Waals surface area (Å²) in [7, 11) is 0. The number of ether oxygens (including phenoxy) is 2. The highest BCUT2D eigenvalue weighted by atomic mass is 19.1. The van der Waals surface area contributed by atoms with E-state index in [1.807, 2.05) is 31.7 Å². The summed E-state index contributed by atoms with van der Waals surface area (Å²) >= 11 is 0. The highest BCUT2D eigenvalue weighted by molar-refractivity contribution is 5.98. The van der Waals surface area contributed by atoms with Crippen molar-refractivity contribution in [2.45, 2.75) is 123 Å². The van der Waals surface area contributed by atoms with E-state index in [2.05, 4.69) is 28.4 Å². The second kappa shape index (κ2) is 16.5. The third-order valence-electron chi connectivity index (χ3n) is 15.3. The van der Waals surface area contributed by atoms with E-state index in [0.29, 0.717) is 91.1 Å². The molecule has 0 saturated carbocycles. The Bertz CT molecular complexity index is 3080. The van der Waals surface area contributed by atoms with Gasteiger partial charge in [0.1, 0.15) is 23.9 Å². The first kappa shape index (κ1) is 43.7. The first-order valence-corrected chi connectivity index (χ1v) is 23.7. The van der Waals surface area contributed by atoms with Gasteiger partial charge in [-0.15, -0.1) is 0 Å². The molecule has 352 valence electrons. The van der Waals surface area contributed by atoms with Crippen molar-refractivity contribution in [2.75, 3.05) is 19.7 Å². The van der Waals surface area contributed by atoms with Crippen LogP contribution in [0, 0.1) is 12.7 Å². The van der Waals surface area contributed by atoms with Crippen LogP contribution < -0.4 is 10.9 Å². The zero-order chi connectivity index (χ0) is 47.4. The fraction of sp³-hybridized carbons (Fsp3) is 0.423. The molecule has 3 N–H and O–H groups in total. The van der Waals surface area contributed by atoms with Crippen LogP contribution in [0.25, 0.3) is 22.3 Å². The van der Waals surface area contributed by atoms with Crippen LogP contribution in [0.3, 0.4) is 0 Å². The monoisotopic (exact) mass is 924 g/mol. The van der Waals surface area contributed by atoms with Gasteiger partial charge in [0.05, 0.1) is 46.5 Å². The number of pyridine rings is 2. The highest BCUT2D eigenvalue weighted by Crippen LogP contribution is 2.46. The van der Waals surface area contributed by atoms with E-state index in [4.69, 9.17) is 14.5 Å². The number of aromatic hydroxyl groups is 2. The van der Waals surface area contributed by atoms with Crippen LogP contribution in [0.1, 0.15) is 130 Å². The minimum atomic E-state index is -0.753. The number of carbonyl (C=O) groups excluding carboxylic acids is 4. The number of nitrogens with one attached hydrogen (secondary N) is 1. The molecule has 5 aromatic rings. The van der Waals surface area contributed by atoms with Gasteiger partial charge in [0.25, 0.3) is 17.4 Å². The Labute approximate surface area is 391 Å². The molecule has 4 atom stereocenters. The zero-order valence-electron chi connectivity index (χ0n) is 38.5. The van der Waals surface area contributed by atoms with Crippen molar-refractivity contribution in [3.8, 4) is 22.9 Å². The number of aryl methyl sites for hydroxylation is 1. The number of carbonyl (C=O) groups is 4. The van der Waals surface area contributed by atoms with E-state index in [1.54, 1.807) is 22.5 Å². The number of esters is 1. The maximum atomic E-state index is 15.4. The van der Waals surface area contributed by atoms with Gasteiger partial charge in [-0.1, -0.05) is 39.0 Å². The molecule has 6 aliphatic rings. The summed E-state index contributed by atoms with van der Waals surface area (Å²) in [4.78, 5) is 78.6. The van der Waals surface area contributed by atoms with Gasteiger partial charge >= 0.3 is 12.1 Å². The number of likely N-dealkylation sites (tertiary alicyclic amines) is 1. The Balaban J connectivity index is 0.752. The first-order chi connectivity index (χ1) is 32.7. The second-order valence-corrected chi connectivity index (χ2v) is 19.7. The molecule has 15 nitrogen and oxygen atoms in total. The lowest BCUT2D eigenvalue weighted by molar-refractivity contribution is -0.148. The number of alkyl carbamates (subject to hydrolysis) is 1. The summed E-state index contributed by atoms with van der Waals surface area (Å²) in [5.41, 5.74) is 8.99. The molecule has 2 fully saturated rings. The van der Waals surface area contributed by atoms with Crippen molar-refractivity contribution in [2.24, 2.45) is 0 Å². The average Bonchev–Trinajstić information content (AvgIpc) is 3.98. The van der Waals surface area contributed by atoms with Gasteiger partial charge in [-0.05, 0) is 102 Å². The summed E-state index contributed by atoms with van der Waals surface area (Å²) in [6.07, 6.45) is 2.29. The minimum absolute atomic E-state index is 0.0248. The molecular weight excluding hydrogens is 872 g/mol. The molecule has 0 spiro atoms. The number of piperazine rings is 1. The van der Waals surface area contributed by atoms with Crippen LogP contribution in [0.2, 0.25) is 0 Å². The maximum Gasteiger partial charge on any atom is 0.408 e. The van der Waals surface area contributed by atoms with Crippen molar-refractivity contribution in [3.63, 3.8) is 0 Å². The van der Waals surface area contributed by atoms with Gasteiger partial charge in [-0.2, -0.15) is 0 Å². The zero-order valence-corrected chi connectivity index (χ0v) is 38.5. The summed E-state index contributed by atoms with van der Waals surface area (Å²) < 4.78 is 28.1. The van der Waals surface area contributed by atoms with E-state index in [0.717, 1.165) is 51.6 Å². The van der Waals surface area contributed by atoms with Crippen LogP contribution in [-0.4, -0.2) is 90.1 Å². The molecule has 7 heterocycles. The van der Waals surface area contributed by atoms with Gasteiger partial charge in [0.15, 0.2) is 6.61 Å². The molecule has 5 aliphatic heterocycles. The summed E-state index contributed by atoms with van der Waals surface area (Å²) in [5.74, 6) is -2.21. The lowest BCUT2D eigenvalue weighted by Crippen LogP contribution is -2.56. The smallest absolute Gasteiger partial charge is 0.408 e. The number of amides is 3. The third kappa shape index (κ3) is 7.09. The van der Waals surface area contributed by atoms with Crippen LogP contribution >= 0.6 is 0 Å². The van der Waals surface area contributed by atoms with Crippen LogP contribution in [0.5, 0.6) is 11.5 Å². The van der Waals surface area contributed by atoms with Crippen molar-refractivity contribution in [3.05, 3.63) is 120 Å². The normalized spacial score (nSPS) is 21.1. The molecule has 2 saturated heterocycles. The fourth-order valence-corrected chi connectivity index (χ4v) is 12.0. The molecule has 3 aromatic carbocycles. The SMILES string of the molecule is CCC1C(=O)OCc2c1cc1n(c2=O)Cc2c-1nc1cc(F)c(C)c3c1c2C(NC(=O)OCC(=O)N1C2CCC1CN(Cc1ccc4c(c1)CN(C(=O)c1cc(C(C)C)c(O)cc1O)C4)C2)CC3. The Morgan fingerprint density at radius 1 is 0.941 bits per heavy atom. The second-order valence-electron chi connectivity index (χ2n) is 19.7. The summed E-state index contributed by atoms with van der Waals surface area (Å²) in [5, 5.41) is 24.6. The number of phenolic OH excluding ortho intramolecular Hbond substituents is 2. The molecule has 2 bridgehead atoms. The van der Waals surface area contributed by atoms with Crippen LogP contribution in [0.15, 0.2) is 47.3 Å². The van der Waals surface area contributed by atoms with Crippen molar-refractivity contribution < 1.29 is 43.3 Å². The van der Waals surface area contributed by atoms with E-state index in [-0.39, 0.29) is 77.4 Å². The molecule has 11 rings (SSSR count). The molecule has 0 radical (unpaired) electrons. The number of nitrogens with zero attached hydrogens (tertiary/aromatic N) is 5. The van der Waals surface area contributed by atoms with E-state index >= 15 is 4.39 Å². The third-order valence-corrected chi connectivity index (χ3v) is 15.3. The minimum Gasteiger partial charge on any atom is -0.508 e. The lowest BCUT2D eigenvalue weighted by atomic mass is 9.81. The number of hydrogen-bond acceptors (Lipinski definition) is 11. The predicted octanol–water partition coefficient (Wildman–Crippen LogP) is 6.70. The van der Waals surface area contributed by atoms with Crippen LogP contribution in [-0.2, 0) is 58.3 Å². The number of halogens is 1. The molecule has 3 amide bonds. The molecule has 16 heteroatoms. The number of benzene rings is 3. The van der Waals surface area contributed by atoms with Gasteiger partial charge in [-0.3, -0.25) is 24.1 Å². The Kier molecular flexibility index (Phi) is 10.6. The number of rotatable bonds is 8. The highest BCUT2D eigenvalue weighted by Gasteiger charge is 2.43. The van der Waals surface area contributed by atoms with E-state index < -0.39 is 24.7 Å². The number of cyclic esters (lactones) is 1. The fourth-order valence-electron chi connectivity index (χ4n) is 12.0. The first-order valence-electron chi connectivity index (χ1n) is 23.7. The molecular formula is C52H53FN6O9. The molecule has 4 unspecified atom stereocenters. The summed E-state index contributed by atoms with van der Waals surface area (Å²) in [6, 6.07) is 11.7. The van der Waals surface area contributed by atoms with Gasteiger partial charge in [-0.25, -0.2) is 14.2 Å². The standard InChI is InChI=1S/C52H53FN6O9/c1-5-32-35-14-42-48-37(22-58(42)50(64)38(35)23-67-51(32)65)47-40(11-10-33-26(4)39(53)15-41(54-48)46(33)47)55-52(66)68-24-45(62)59-30-8-9-31(59)21-56(20-30)17-27-6-7-28-18-57(19-29(28)12-27)49(63)36-13-34(25(2)3)43(60)16-44(36)61/h6-7,12-16,25,30-32,40,60-61H,5,8-11,17-24H2,1-4H3,(H,55,66). The topological polar surface area (TPSA) is 184 Å². The molecule has 2 aromatic heterocycles. The van der Waals surface area contributed by atoms with Gasteiger partial charge in [0, 0.05) is 67.9 Å². The van der Waals surface area contributed by atoms with E-state index in [1.165, 1.54) is 12.1 Å². The summed E-state index contributed by atoms with van der Waals surface area (Å²) in [6.45, 7) is 9.90. The average molecular weight is 925 g/mol. The predicted molar refractivity (Wildman–Crippen MR) is 246 cm³/mol. The van der Waals surface area contributed by atoms with Gasteiger partial charge < -0.3 is 39.4 Å². The number of hydrogen-bond donors (Lipinski definition) is 3. The Morgan fingerprint density at radius 2 is 1.71 bits per heavy atom. The molecule has 1 aliphatic carbocycles. The van der Waals surface area contributed by atoms with Gasteiger partial charge in [0.2, 0.25) is 0 Å². The number of aromatic nitrogens is 2. The number of fused-ring (bicyclic) bond motifs is 8. The van der Waals surface area contributed by atoms with Crippen LogP contribution in [0.4, 0.5) is 9.18 Å². The van der Waals surface area contributed by atoms with Crippen molar-refractivity contribution >= 4 is 34.8 Å². The Hall–Kier alpha value is -6.81. The molecule has 68 heavy (non-hydrogen) atoms. The lowest BCUT2D eigenvalue weighted by Gasteiger charge is -2.41. The Morgan fingerprint density at radius 3 is 2.46 bits per heavy atom. The quantitative estimate of drug-likeness (QED) is 0.138. The number of phenols is 2. The van der Waals surface area contributed by atoms with E-state index in [9.17, 15) is 34.2 Å². The maximum absolute atomic E-state index is 15.4. The largest absolute Gasteiger partial charge is 0.508 e. The van der Waals surface area contributed by atoms with Crippen molar-refractivity contribution in [1.82, 2.24) is 29.6 Å².